The molecule has 0 fully saturated rings. The fourth-order valence-corrected chi connectivity index (χ4v) is 4.10. The molecule has 2 atom stereocenters. The van der Waals surface area contributed by atoms with Crippen LogP contribution in [0.3, 0.4) is 0 Å². The van der Waals surface area contributed by atoms with Crippen molar-refractivity contribution in [3.8, 4) is 0 Å². The van der Waals surface area contributed by atoms with Crippen molar-refractivity contribution in [2.24, 2.45) is 5.41 Å². The van der Waals surface area contributed by atoms with E-state index in [9.17, 15) is 0 Å². The van der Waals surface area contributed by atoms with Gasteiger partial charge in [-0.05, 0) is 40.3 Å². The van der Waals surface area contributed by atoms with Gasteiger partial charge in [0.15, 0.2) is 0 Å². The summed E-state index contributed by atoms with van der Waals surface area (Å²) < 4.78 is 0. The second-order valence-electron chi connectivity index (χ2n) is 7.27. The summed E-state index contributed by atoms with van der Waals surface area (Å²) >= 11 is 0. The molecule has 3 aliphatic carbocycles. The van der Waals surface area contributed by atoms with E-state index in [4.69, 9.17) is 0 Å². The van der Waals surface area contributed by atoms with Crippen LogP contribution in [-0.2, 0) is 0 Å². The predicted octanol–water partition coefficient (Wildman–Crippen LogP) is 3.93. The maximum Gasteiger partial charge on any atom is 0.0237 e. The minimum Gasteiger partial charge on any atom is -0.0841 e. The topological polar surface area (TPSA) is 0 Å². The molecule has 1 aromatic rings. The van der Waals surface area contributed by atoms with E-state index >= 15 is 0 Å². The van der Waals surface area contributed by atoms with Gasteiger partial charge >= 0.3 is 0 Å². The number of hydrogen-bond donors (Lipinski definition) is 0. The molecule has 0 radical (unpaired) electrons. The Morgan fingerprint density at radius 1 is 0.952 bits per heavy atom. The first-order chi connectivity index (χ1) is 10.1. The van der Waals surface area contributed by atoms with Crippen molar-refractivity contribution in [1.82, 2.24) is 0 Å². The van der Waals surface area contributed by atoms with E-state index in [0.29, 0.717) is 11.8 Å². The van der Waals surface area contributed by atoms with Gasteiger partial charge in [0.2, 0.25) is 0 Å². The highest BCUT2D eigenvalue weighted by Gasteiger charge is 2.35. The van der Waals surface area contributed by atoms with E-state index in [-0.39, 0.29) is 5.41 Å². The van der Waals surface area contributed by atoms with E-state index in [1.807, 2.05) is 0 Å². The van der Waals surface area contributed by atoms with Crippen molar-refractivity contribution in [2.75, 3.05) is 0 Å². The zero-order valence-electron chi connectivity index (χ0n) is 13.1. The van der Waals surface area contributed by atoms with E-state index in [1.54, 1.807) is 11.1 Å². The average Bonchev–Trinajstić information content (AvgIpc) is 2.50. The summed E-state index contributed by atoms with van der Waals surface area (Å²) in [4.78, 5) is 0. The zero-order chi connectivity index (χ0) is 14.6. The number of allylic oxidation sites excluding steroid dienone is 6. The third kappa shape index (κ3) is 1.82. The second-order valence-corrected chi connectivity index (χ2v) is 7.27. The van der Waals surface area contributed by atoms with Gasteiger partial charge in [-0.1, -0.05) is 74.1 Å². The van der Waals surface area contributed by atoms with Gasteiger partial charge in [-0.3, -0.25) is 0 Å². The minimum atomic E-state index is 0.266. The first-order valence-electron chi connectivity index (χ1n) is 7.94. The largest absolute Gasteiger partial charge is 0.0841 e. The summed E-state index contributed by atoms with van der Waals surface area (Å²) in [5.41, 5.74) is 4.87. The summed E-state index contributed by atoms with van der Waals surface area (Å²) in [7, 11) is 0. The average molecular weight is 274 g/mol. The van der Waals surface area contributed by atoms with Crippen LogP contribution in [0.15, 0.2) is 48.1 Å². The van der Waals surface area contributed by atoms with E-state index in [1.165, 1.54) is 16.0 Å². The highest BCUT2D eigenvalue weighted by Crippen LogP contribution is 2.45. The third-order valence-corrected chi connectivity index (χ3v) is 5.42. The zero-order valence-corrected chi connectivity index (χ0v) is 13.1. The molecule has 0 aromatic heterocycles. The van der Waals surface area contributed by atoms with E-state index in [2.05, 4.69) is 75.4 Å². The molecule has 3 aliphatic rings. The normalized spacial score (nSPS) is 30.1. The van der Waals surface area contributed by atoms with Crippen LogP contribution in [0, 0.1) is 5.41 Å². The lowest BCUT2D eigenvalue weighted by Crippen LogP contribution is -2.34. The van der Waals surface area contributed by atoms with Gasteiger partial charge in [0, 0.05) is 11.8 Å². The second kappa shape index (κ2) is 4.34. The Kier molecular flexibility index (Phi) is 2.66. The molecule has 0 saturated carbocycles. The van der Waals surface area contributed by atoms with E-state index < -0.39 is 0 Å². The Morgan fingerprint density at radius 3 is 2.38 bits per heavy atom. The molecular formula is C21H22. The maximum absolute atomic E-state index is 2.46. The van der Waals surface area contributed by atoms with Gasteiger partial charge in [-0.25, -0.2) is 0 Å². The van der Waals surface area contributed by atoms with Crippen LogP contribution in [0.5, 0.6) is 0 Å². The van der Waals surface area contributed by atoms with Crippen LogP contribution in [0.2, 0.25) is 0 Å². The Labute approximate surface area is 126 Å². The van der Waals surface area contributed by atoms with E-state index in [0.717, 1.165) is 6.42 Å². The molecule has 1 aromatic carbocycles. The fourth-order valence-electron chi connectivity index (χ4n) is 4.10. The molecule has 0 aliphatic heterocycles. The molecule has 4 rings (SSSR count). The number of hydrogen-bond acceptors (Lipinski definition) is 0. The van der Waals surface area contributed by atoms with Crippen molar-refractivity contribution >= 4 is 12.2 Å². The highest BCUT2D eigenvalue weighted by atomic mass is 14.4. The van der Waals surface area contributed by atoms with Crippen LogP contribution < -0.4 is 10.4 Å². The minimum absolute atomic E-state index is 0.266. The Bertz CT molecular complexity index is 812. The first kappa shape index (κ1) is 12.9. The summed E-state index contributed by atoms with van der Waals surface area (Å²) in [6, 6.07) is 4.59. The van der Waals surface area contributed by atoms with Crippen LogP contribution >= 0.6 is 0 Å². The van der Waals surface area contributed by atoms with Crippen molar-refractivity contribution in [3.05, 3.63) is 69.7 Å². The molecule has 106 valence electrons. The molecule has 0 heteroatoms. The predicted molar refractivity (Wildman–Crippen MR) is 90.5 cm³/mol. The summed E-state index contributed by atoms with van der Waals surface area (Å²) in [5, 5.41) is 2.82. The van der Waals surface area contributed by atoms with Crippen LogP contribution in [0.25, 0.3) is 12.2 Å². The van der Waals surface area contributed by atoms with Crippen LogP contribution in [0.4, 0.5) is 0 Å². The summed E-state index contributed by atoms with van der Waals surface area (Å²) in [6.07, 6.45) is 17.4. The van der Waals surface area contributed by atoms with Gasteiger partial charge in [0.1, 0.15) is 0 Å². The molecule has 0 saturated heterocycles. The Hall–Kier alpha value is -1.82. The molecule has 0 heterocycles. The first-order valence-corrected chi connectivity index (χ1v) is 7.94. The number of rotatable bonds is 0. The molecule has 0 bridgehead atoms. The van der Waals surface area contributed by atoms with Crippen LogP contribution in [0.1, 0.15) is 50.2 Å². The smallest absolute Gasteiger partial charge is 0.0237 e. The van der Waals surface area contributed by atoms with Gasteiger partial charge in [-0.15, -0.1) is 0 Å². The molecule has 0 amide bonds. The Morgan fingerprint density at radius 2 is 1.62 bits per heavy atom. The lowest BCUT2D eigenvalue weighted by molar-refractivity contribution is 0.322. The molecule has 0 nitrogen and oxygen atoms in total. The molecular weight excluding hydrogens is 252 g/mol. The monoisotopic (exact) mass is 274 g/mol. The van der Waals surface area contributed by atoms with Gasteiger partial charge < -0.3 is 0 Å². The quantitative estimate of drug-likeness (QED) is 0.629. The van der Waals surface area contributed by atoms with Crippen molar-refractivity contribution in [1.29, 1.82) is 0 Å². The van der Waals surface area contributed by atoms with Gasteiger partial charge in [-0.2, -0.15) is 0 Å². The lowest BCUT2D eigenvalue weighted by Gasteiger charge is -2.38. The molecule has 2 unspecified atom stereocenters. The summed E-state index contributed by atoms with van der Waals surface area (Å²) in [5.74, 6) is 0.970. The number of benzene rings is 1. The summed E-state index contributed by atoms with van der Waals surface area (Å²) in [6.45, 7) is 7.11. The maximum atomic E-state index is 2.46. The SMILES string of the molecule is C/C1=C\CC(C)(C)C2C=CC=c3ccc4c(c32)C1C=CC=4. The molecule has 0 N–H and O–H groups in total. The lowest BCUT2D eigenvalue weighted by atomic mass is 9.65. The molecule has 21 heavy (non-hydrogen) atoms. The van der Waals surface area contributed by atoms with Crippen molar-refractivity contribution < 1.29 is 0 Å². The standard InChI is InChI=1S/C21H22/c1-14-12-13-21(2,3)18-9-5-7-16-11-10-15-6-4-8-17(14)19(15)20(16)18/h4-12,17-18H,13H2,1-3H3/b14-12+. The van der Waals surface area contributed by atoms with Gasteiger partial charge in [0.25, 0.3) is 0 Å². The molecule has 0 spiro atoms. The third-order valence-electron chi connectivity index (χ3n) is 5.42. The van der Waals surface area contributed by atoms with Gasteiger partial charge in [0.05, 0.1) is 0 Å². The fraction of sp³-hybridized carbons (Fsp3) is 0.333. The van der Waals surface area contributed by atoms with Crippen molar-refractivity contribution in [2.45, 2.75) is 39.0 Å². The van der Waals surface area contributed by atoms with Crippen LogP contribution in [-0.4, -0.2) is 0 Å². The highest BCUT2D eigenvalue weighted by molar-refractivity contribution is 5.59. The van der Waals surface area contributed by atoms with Crippen molar-refractivity contribution in [3.63, 3.8) is 0 Å². The Balaban J connectivity index is 2.14.